The molecule has 0 fully saturated rings. The SMILES string of the molecule is C[Si](C)(C)C1([Si](C)(C)C)c2cc3cc(N(c4ccccc4)c4ccc(-c5ccccc5)cc4-c4ccccc4)ccc3cc2-c2c1c1ccc(N(c3ccccc3)c3ccc(-c4ccccc4)cc3-c3ccccc3)cc1c1ccccc21.Cc1ccccc1N(c1ccccc1)c1ccc2c3c(c4ccccc4c2c1)-c1cc2ccc(N(c4ccccc4)c4ccccc4[Si](C)(C)C)cc2cc1C3([Si](C)(C)C)[Si](C)(C)C. The Morgan fingerprint density at radius 2 is 0.469 bits per heavy atom. The molecule has 0 saturated heterocycles. The van der Waals surface area contributed by atoms with Gasteiger partial charge in [0.15, 0.2) is 0 Å². The standard InChI is InChI=1S/C79H66N2Si2.C59H60N2Si3/c1-82(2,3)79(83(4,5)6)74-53-62-49-65(80(63-35-21-11-22-36-63)75-47-42-59(55-27-13-7-14-28-55)50-70(75)57-31-17-9-18-32-57)44-41-61(62)52-73(74)77-68-40-26-25-39-67(68)72-54-66(45-46-69(72)78(77)79)81(64-37-23-12-24-38-64)76-48-43-60(56-29-15-8-16-30-56)51-71(76)58-33-19-10-20-34-58;1-41-23-17-20-30-54(41)60(44-24-13-11-14-25-44)47-35-36-50-51(40-47)48-28-18-19-29-49(48)57-52-38-42-33-34-46(37-43(42)39-53(52)59(58(50)57,63(5,6)7)64(8,9)10)61(45-26-15-12-16-27-45)55-31-21-22-32-56(55)62(2,3)4/h7-54H,1-6H3;11-40H,1-10H3. The number of para-hydroxylation sites is 6. The monoisotopic (exact) mass is 1980 g/mol. The van der Waals surface area contributed by atoms with E-state index in [1.165, 1.54) is 176 Å². The highest BCUT2D eigenvalue weighted by Gasteiger charge is 2.62. The summed E-state index contributed by atoms with van der Waals surface area (Å²) in [4.78, 5) is 9.91. The molecule has 0 aromatic heterocycles. The van der Waals surface area contributed by atoms with Crippen LogP contribution < -0.4 is 24.8 Å². The number of rotatable bonds is 21. The lowest BCUT2D eigenvalue weighted by Crippen LogP contribution is -2.63. The van der Waals surface area contributed by atoms with Crippen LogP contribution in [0.2, 0.25) is 98.2 Å². The van der Waals surface area contributed by atoms with Gasteiger partial charge >= 0.3 is 0 Å². The molecule has 0 bridgehead atoms. The third-order valence-electron chi connectivity index (χ3n) is 31.8. The summed E-state index contributed by atoms with van der Waals surface area (Å²) in [6.07, 6.45) is 0. The molecule has 24 rings (SSSR count). The summed E-state index contributed by atoms with van der Waals surface area (Å²) in [5.74, 6) is 0. The van der Waals surface area contributed by atoms with Gasteiger partial charge in [0, 0.05) is 77.3 Å². The van der Waals surface area contributed by atoms with E-state index in [2.05, 4.69) is 598 Å². The van der Waals surface area contributed by atoms with Crippen LogP contribution in [0, 0.1) is 6.92 Å². The number of hydrogen-bond donors (Lipinski definition) is 0. The predicted molar refractivity (Wildman–Crippen MR) is 652 cm³/mol. The van der Waals surface area contributed by atoms with Gasteiger partial charge in [-0.3, -0.25) is 0 Å². The Labute approximate surface area is 873 Å². The molecule has 9 heteroatoms. The fourth-order valence-corrected chi connectivity index (χ4v) is 54.1. The molecule has 0 radical (unpaired) electrons. The maximum Gasteiger partial charge on any atom is 0.0803 e. The van der Waals surface area contributed by atoms with E-state index in [0.29, 0.717) is 0 Å². The van der Waals surface area contributed by atoms with E-state index < -0.39 is 40.4 Å². The fraction of sp³-hybridized carbons (Fsp3) is 0.130. The van der Waals surface area contributed by atoms with E-state index >= 15 is 0 Å². The van der Waals surface area contributed by atoms with Crippen LogP contribution in [0.25, 0.3) is 131 Å². The van der Waals surface area contributed by atoms with Crippen molar-refractivity contribution >= 4 is 178 Å². The molecule has 718 valence electrons. The number of nitrogens with zero attached hydrogens (tertiary/aromatic N) is 4. The Morgan fingerprint density at radius 1 is 0.177 bits per heavy atom. The van der Waals surface area contributed by atoms with E-state index in [1.54, 1.807) is 16.7 Å². The van der Waals surface area contributed by atoms with Crippen molar-refractivity contribution in [2.75, 3.05) is 19.6 Å². The minimum absolute atomic E-state index is 0.0721. The summed E-state index contributed by atoms with van der Waals surface area (Å²) in [5.41, 5.74) is 36.6. The highest BCUT2D eigenvalue weighted by Crippen LogP contribution is 2.66. The zero-order chi connectivity index (χ0) is 101. The largest absolute Gasteiger partial charge is 0.311 e. The molecule has 0 amide bonds. The third kappa shape index (κ3) is 16.3. The van der Waals surface area contributed by atoms with Crippen LogP contribution in [-0.2, 0) is 9.32 Å². The van der Waals surface area contributed by atoms with Crippen molar-refractivity contribution in [3.8, 4) is 66.8 Å². The molecule has 22 aromatic carbocycles. The lowest BCUT2D eigenvalue weighted by Gasteiger charge is -2.51. The molecular weight excluding hydrogens is 1850 g/mol. The summed E-state index contributed by atoms with van der Waals surface area (Å²) in [7, 11) is -10.3. The minimum Gasteiger partial charge on any atom is -0.311 e. The smallest absolute Gasteiger partial charge is 0.0803 e. The average molecular weight is 1980 g/mol. The van der Waals surface area contributed by atoms with Gasteiger partial charge in [-0.2, -0.15) is 0 Å². The van der Waals surface area contributed by atoms with Crippen molar-refractivity contribution in [2.24, 2.45) is 0 Å². The topological polar surface area (TPSA) is 13.0 Å². The minimum atomic E-state index is -2.20. The second-order valence-electron chi connectivity index (χ2n) is 45.6. The lowest BCUT2D eigenvalue weighted by molar-refractivity contribution is 0.964. The molecule has 0 spiro atoms. The first-order valence-corrected chi connectivity index (χ1v) is 69.8. The molecule has 2 aliphatic carbocycles. The second-order valence-corrected chi connectivity index (χ2v) is 72.6. The predicted octanol–water partition coefficient (Wildman–Crippen LogP) is 39.7. The number of anilines is 12. The van der Waals surface area contributed by atoms with Gasteiger partial charge in [0.25, 0.3) is 0 Å². The van der Waals surface area contributed by atoms with Crippen molar-refractivity contribution in [1.82, 2.24) is 0 Å². The lowest BCUT2D eigenvalue weighted by atomic mass is 9.90. The number of fused-ring (bicyclic) bond motifs is 18. The van der Waals surface area contributed by atoms with Gasteiger partial charge in [-0.15, -0.1) is 0 Å². The number of aryl methyl sites for hydroxylation is 1. The van der Waals surface area contributed by atoms with Gasteiger partial charge in [-0.05, 0) is 306 Å². The first-order valence-electron chi connectivity index (χ1n) is 52.3. The third-order valence-corrected chi connectivity index (χ3v) is 53.9. The highest BCUT2D eigenvalue weighted by atomic mass is 28.4. The molecule has 0 aliphatic heterocycles. The van der Waals surface area contributed by atoms with Crippen molar-refractivity contribution < 1.29 is 0 Å². The summed E-state index contributed by atoms with van der Waals surface area (Å²) in [6, 6.07) is 177. The normalized spacial score (nSPS) is 13.1. The van der Waals surface area contributed by atoms with Crippen LogP contribution in [0.4, 0.5) is 68.2 Å². The van der Waals surface area contributed by atoms with Gasteiger partial charge in [0.1, 0.15) is 0 Å². The van der Waals surface area contributed by atoms with Gasteiger partial charge < -0.3 is 19.6 Å². The zero-order valence-corrected chi connectivity index (χ0v) is 92.3. The summed E-state index contributed by atoms with van der Waals surface area (Å²) < 4.78 is -0.226. The van der Waals surface area contributed by atoms with Crippen molar-refractivity contribution in [1.29, 1.82) is 0 Å². The molecule has 22 aromatic rings. The van der Waals surface area contributed by atoms with Gasteiger partial charge in [-0.1, -0.05) is 426 Å². The quantitative estimate of drug-likeness (QED) is 0.0525. The van der Waals surface area contributed by atoms with Crippen LogP contribution >= 0.6 is 0 Å². The first-order chi connectivity index (χ1) is 71.0. The molecule has 4 nitrogen and oxygen atoms in total. The molecule has 0 N–H and O–H groups in total. The second kappa shape index (κ2) is 37.3. The molecule has 0 heterocycles. The van der Waals surface area contributed by atoms with Gasteiger partial charge in [0.2, 0.25) is 0 Å². The van der Waals surface area contributed by atoms with E-state index in [1.807, 2.05) is 0 Å². The Balaban J connectivity index is 0.000000168. The molecule has 2 aliphatic rings. The molecule has 147 heavy (non-hydrogen) atoms. The Bertz CT molecular complexity index is 8780. The van der Waals surface area contributed by atoms with Crippen molar-refractivity contribution in [2.45, 2.75) is 114 Å². The number of hydrogen-bond acceptors (Lipinski definition) is 4. The summed E-state index contributed by atoms with van der Waals surface area (Å²) in [5, 5.41) is 17.3. The van der Waals surface area contributed by atoms with Gasteiger partial charge in [-0.25, -0.2) is 0 Å². The number of benzene rings is 22. The van der Waals surface area contributed by atoms with E-state index in [4.69, 9.17) is 0 Å². The fourth-order valence-electron chi connectivity index (χ4n) is 26.4. The summed E-state index contributed by atoms with van der Waals surface area (Å²) in [6.45, 7) is 41.4. The highest BCUT2D eigenvalue weighted by molar-refractivity contribution is 7.01. The summed E-state index contributed by atoms with van der Waals surface area (Å²) >= 11 is 0. The maximum atomic E-state index is 2.66. The van der Waals surface area contributed by atoms with Crippen LogP contribution in [0.5, 0.6) is 0 Å². The van der Waals surface area contributed by atoms with Crippen LogP contribution in [0.15, 0.2) is 473 Å². The van der Waals surface area contributed by atoms with E-state index in [9.17, 15) is 0 Å². The van der Waals surface area contributed by atoms with E-state index in [0.717, 1.165) is 39.8 Å². The Kier molecular flexibility index (Phi) is 24.2. The van der Waals surface area contributed by atoms with Crippen molar-refractivity contribution in [3.63, 3.8) is 0 Å². The Morgan fingerprint density at radius 3 is 0.823 bits per heavy atom. The Hall–Kier alpha value is -15.3. The molecule has 0 saturated carbocycles. The molecule has 0 atom stereocenters. The van der Waals surface area contributed by atoms with Crippen LogP contribution in [-0.4, -0.2) is 40.4 Å². The van der Waals surface area contributed by atoms with Crippen LogP contribution in [0.3, 0.4) is 0 Å². The first kappa shape index (κ1) is 95.2. The van der Waals surface area contributed by atoms with Crippen LogP contribution in [0.1, 0.15) is 27.8 Å². The zero-order valence-electron chi connectivity index (χ0n) is 87.3. The van der Waals surface area contributed by atoms with Gasteiger partial charge in [0.05, 0.1) is 51.7 Å². The van der Waals surface area contributed by atoms with Crippen molar-refractivity contribution in [3.05, 3.63) is 501 Å². The molecule has 0 unspecified atom stereocenters. The maximum absolute atomic E-state index is 2.66. The van der Waals surface area contributed by atoms with E-state index in [-0.39, 0.29) is 9.32 Å². The molecular formula is C138H126N4Si5. The average Bonchev–Trinajstić information content (AvgIpc) is 1.50.